The average molecular weight is 355 g/mol. The summed E-state index contributed by atoms with van der Waals surface area (Å²) in [5.41, 5.74) is 1.94. The number of methoxy groups -OCH3 is 1. The summed E-state index contributed by atoms with van der Waals surface area (Å²) in [6.45, 7) is 17.9. The Labute approximate surface area is 150 Å². The minimum atomic E-state index is -1.88. The lowest BCUT2D eigenvalue weighted by atomic mass is 9.74. The summed E-state index contributed by atoms with van der Waals surface area (Å²) in [6.07, 6.45) is 4.23. The van der Waals surface area contributed by atoms with Crippen LogP contribution in [0, 0.1) is 11.8 Å². The normalized spacial score (nSPS) is 22.9. The second kappa shape index (κ2) is 8.18. The zero-order valence-corrected chi connectivity index (χ0v) is 18.3. The number of hydrogen-bond acceptors (Lipinski definition) is 3. The van der Waals surface area contributed by atoms with E-state index in [-0.39, 0.29) is 17.1 Å². The zero-order chi connectivity index (χ0) is 18.7. The molecule has 3 nitrogen and oxygen atoms in total. The molecule has 0 heterocycles. The Morgan fingerprint density at radius 3 is 2.21 bits per heavy atom. The standard InChI is InChI=1S/C20H38O3Si/c1-10-15(11-2)16-12-17(19(21)22-7)14(3)18(13-16)23-24(8,9)20(4,5)6/h15-16,18H,10-13H2,1-9H3/t16-,18-/m0/s1. The van der Waals surface area contributed by atoms with Crippen LogP contribution in [0.1, 0.15) is 67.2 Å². The molecular formula is C20H38O3Si. The Kier molecular flexibility index (Phi) is 7.30. The molecule has 0 saturated carbocycles. The van der Waals surface area contributed by atoms with Gasteiger partial charge in [-0.05, 0) is 55.3 Å². The summed E-state index contributed by atoms with van der Waals surface area (Å²) < 4.78 is 11.8. The molecule has 0 unspecified atom stereocenters. The van der Waals surface area contributed by atoms with Crippen LogP contribution in [0.2, 0.25) is 18.1 Å². The van der Waals surface area contributed by atoms with Crippen molar-refractivity contribution in [2.24, 2.45) is 11.8 Å². The lowest BCUT2D eigenvalue weighted by molar-refractivity contribution is -0.136. The van der Waals surface area contributed by atoms with E-state index >= 15 is 0 Å². The van der Waals surface area contributed by atoms with Crippen molar-refractivity contribution in [2.45, 2.75) is 91.5 Å². The van der Waals surface area contributed by atoms with Crippen LogP contribution in [0.5, 0.6) is 0 Å². The highest BCUT2D eigenvalue weighted by atomic mass is 28.4. The molecule has 140 valence electrons. The predicted octanol–water partition coefficient (Wildman–Crippen LogP) is 5.71. The largest absolute Gasteiger partial charge is 0.466 e. The number of esters is 1. The molecule has 0 radical (unpaired) electrons. The molecule has 0 fully saturated rings. The highest BCUT2D eigenvalue weighted by Crippen LogP contribution is 2.43. The summed E-state index contributed by atoms with van der Waals surface area (Å²) in [7, 11) is -0.400. The van der Waals surface area contributed by atoms with Crippen molar-refractivity contribution < 1.29 is 14.0 Å². The van der Waals surface area contributed by atoms with Crippen LogP contribution < -0.4 is 0 Å². The Balaban J connectivity index is 3.17. The van der Waals surface area contributed by atoms with Crippen LogP contribution in [0.15, 0.2) is 11.1 Å². The Morgan fingerprint density at radius 2 is 1.79 bits per heavy atom. The Hall–Kier alpha value is -0.613. The molecule has 4 heteroatoms. The third-order valence-corrected chi connectivity index (χ3v) is 10.8. The monoisotopic (exact) mass is 354 g/mol. The van der Waals surface area contributed by atoms with Gasteiger partial charge in [0.05, 0.1) is 13.2 Å². The molecule has 0 aliphatic heterocycles. The molecule has 0 spiro atoms. The highest BCUT2D eigenvalue weighted by Gasteiger charge is 2.42. The third-order valence-electron chi connectivity index (χ3n) is 6.33. The van der Waals surface area contributed by atoms with Gasteiger partial charge in [-0.1, -0.05) is 47.5 Å². The lowest BCUT2D eigenvalue weighted by Gasteiger charge is -2.43. The first-order valence-electron chi connectivity index (χ1n) is 9.44. The molecule has 1 aliphatic rings. The van der Waals surface area contributed by atoms with E-state index in [1.54, 1.807) is 0 Å². The van der Waals surface area contributed by atoms with Gasteiger partial charge in [0.1, 0.15) is 0 Å². The summed E-state index contributed by atoms with van der Waals surface area (Å²) in [5.74, 6) is 0.975. The van der Waals surface area contributed by atoms with Crippen molar-refractivity contribution in [3.8, 4) is 0 Å². The van der Waals surface area contributed by atoms with Gasteiger partial charge in [0.15, 0.2) is 8.32 Å². The molecule has 24 heavy (non-hydrogen) atoms. The van der Waals surface area contributed by atoms with E-state index in [0.717, 1.165) is 36.8 Å². The van der Waals surface area contributed by atoms with Gasteiger partial charge in [0.2, 0.25) is 0 Å². The summed E-state index contributed by atoms with van der Waals surface area (Å²) >= 11 is 0. The number of ether oxygens (including phenoxy) is 1. The van der Waals surface area contributed by atoms with Gasteiger partial charge in [-0.25, -0.2) is 4.79 Å². The molecule has 1 rings (SSSR count). The minimum Gasteiger partial charge on any atom is -0.466 e. The van der Waals surface area contributed by atoms with Crippen molar-refractivity contribution >= 4 is 14.3 Å². The topological polar surface area (TPSA) is 35.5 Å². The molecule has 0 saturated heterocycles. The summed E-state index contributed by atoms with van der Waals surface area (Å²) in [5, 5.41) is 0.167. The van der Waals surface area contributed by atoms with Crippen molar-refractivity contribution in [3.05, 3.63) is 11.1 Å². The van der Waals surface area contributed by atoms with Crippen molar-refractivity contribution in [3.63, 3.8) is 0 Å². The van der Waals surface area contributed by atoms with E-state index in [4.69, 9.17) is 9.16 Å². The van der Waals surface area contributed by atoms with E-state index in [1.807, 2.05) is 0 Å². The highest BCUT2D eigenvalue weighted by molar-refractivity contribution is 6.74. The average Bonchev–Trinajstić information content (AvgIpc) is 2.49. The molecule has 0 aromatic carbocycles. The fraction of sp³-hybridized carbons (Fsp3) is 0.850. The van der Waals surface area contributed by atoms with E-state index in [1.165, 1.54) is 7.11 Å². The van der Waals surface area contributed by atoms with Crippen LogP contribution in [0.3, 0.4) is 0 Å². The number of carbonyl (C=O) groups excluding carboxylic acids is 1. The summed E-state index contributed by atoms with van der Waals surface area (Å²) in [4.78, 5) is 12.3. The Bertz CT molecular complexity index is 470. The first-order valence-corrected chi connectivity index (χ1v) is 12.3. The molecular weight excluding hydrogens is 316 g/mol. The maximum atomic E-state index is 12.3. The van der Waals surface area contributed by atoms with Crippen molar-refractivity contribution in [2.75, 3.05) is 7.11 Å². The van der Waals surface area contributed by atoms with Crippen LogP contribution in [-0.2, 0) is 14.0 Å². The van der Waals surface area contributed by atoms with Crippen LogP contribution in [0.25, 0.3) is 0 Å². The SMILES string of the molecule is CCC(CC)[C@H]1CC(C(=O)OC)=C(C)[C@@H](O[Si](C)(C)C(C)(C)C)C1. The smallest absolute Gasteiger partial charge is 0.333 e. The fourth-order valence-corrected chi connectivity index (χ4v) is 4.84. The van der Waals surface area contributed by atoms with Gasteiger partial charge >= 0.3 is 5.97 Å². The first kappa shape index (κ1) is 21.4. The van der Waals surface area contributed by atoms with Gasteiger partial charge in [-0.3, -0.25) is 0 Å². The molecule has 0 aromatic heterocycles. The number of carbonyl (C=O) groups is 1. The lowest BCUT2D eigenvalue weighted by Crippen LogP contribution is -2.46. The second-order valence-corrected chi connectivity index (χ2v) is 13.6. The van der Waals surface area contributed by atoms with Crippen molar-refractivity contribution in [1.82, 2.24) is 0 Å². The number of hydrogen-bond donors (Lipinski definition) is 0. The maximum absolute atomic E-state index is 12.3. The molecule has 2 atom stereocenters. The zero-order valence-electron chi connectivity index (χ0n) is 17.3. The van der Waals surface area contributed by atoms with E-state index in [9.17, 15) is 4.79 Å². The quantitative estimate of drug-likeness (QED) is 0.452. The minimum absolute atomic E-state index is 0.0549. The van der Waals surface area contributed by atoms with Gasteiger partial charge in [-0.2, -0.15) is 0 Å². The maximum Gasteiger partial charge on any atom is 0.333 e. The van der Waals surface area contributed by atoms with Gasteiger partial charge in [0, 0.05) is 5.57 Å². The first-order chi connectivity index (χ1) is 11.0. The Morgan fingerprint density at radius 1 is 1.25 bits per heavy atom. The molecule has 0 N–H and O–H groups in total. The van der Waals surface area contributed by atoms with Gasteiger partial charge in [-0.15, -0.1) is 0 Å². The van der Waals surface area contributed by atoms with E-state index in [0.29, 0.717) is 11.8 Å². The van der Waals surface area contributed by atoms with Crippen LogP contribution in [-0.4, -0.2) is 27.5 Å². The fourth-order valence-electron chi connectivity index (χ4n) is 3.50. The van der Waals surface area contributed by atoms with Gasteiger partial charge in [0.25, 0.3) is 0 Å². The van der Waals surface area contributed by atoms with Crippen LogP contribution in [0.4, 0.5) is 0 Å². The predicted molar refractivity (Wildman–Crippen MR) is 104 cm³/mol. The van der Waals surface area contributed by atoms with E-state index < -0.39 is 8.32 Å². The molecule has 0 amide bonds. The van der Waals surface area contributed by atoms with Crippen molar-refractivity contribution in [1.29, 1.82) is 0 Å². The van der Waals surface area contributed by atoms with Gasteiger partial charge < -0.3 is 9.16 Å². The number of rotatable bonds is 6. The third kappa shape index (κ3) is 4.72. The molecule has 0 aromatic rings. The molecule has 0 bridgehead atoms. The molecule has 1 aliphatic carbocycles. The summed E-state index contributed by atoms with van der Waals surface area (Å²) in [6, 6.07) is 0. The second-order valence-electron chi connectivity index (χ2n) is 8.80. The van der Waals surface area contributed by atoms with E-state index in [2.05, 4.69) is 54.6 Å². The van der Waals surface area contributed by atoms with Crippen LogP contribution >= 0.6 is 0 Å².